The van der Waals surface area contributed by atoms with Crippen LogP contribution in [0.15, 0.2) is 24.3 Å². The van der Waals surface area contributed by atoms with Crippen molar-refractivity contribution in [2.75, 3.05) is 6.54 Å². The summed E-state index contributed by atoms with van der Waals surface area (Å²) in [7, 11) is 0. The van der Waals surface area contributed by atoms with Crippen LogP contribution in [0.1, 0.15) is 22.3 Å². The summed E-state index contributed by atoms with van der Waals surface area (Å²) in [5, 5.41) is 0. The zero-order valence-electron chi connectivity index (χ0n) is 7.84. The zero-order chi connectivity index (χ0) is 11.5. The molecule has 1 rings (SSSR count). The summed E-state index contributed by atoms with van der Waals surface area (Å²) in [5.74, 6) is -0.578. The Morgan fingerprint density at radius 1 is 1.27 bits per heavy atom. The van der Waals surface area contributed by atoms with Gasteiger partial charge in [0, 0.05) is 12.0 Å². The van der Waals surface area contributed by atoms with Crippen molar-refractivity contribution in [1.82, 2.24) is 0 Å². The van der Waals surface area contributed by atoms with Crippen molar-refractivity contribution in [2.45, 2.75) is 12.6 Å². The third kappa shape index (κ3) is 2.79. The van der Waals surface area contributed by atoms with E-state index in [1.807, 2.05) is 0 Å². The van der Waals surface area contributed by atoms with Crippen LogP contribution < -0.4 is 5.73 Å². The van der Waals surface area contributed by atoms with Gasteiger partial charge in [-0.25, -0.2) is 0 Å². The van der Waals surface area contributed by atoms with E-state index in [0.29, 0.717) is 0 Å². The van der Waals surface area contributed by atoms with Crippen molar-refractivity contribution in [1.29, 1.82) is 0 Å². The first-order valence-corrected chi connectivity index (χ1v) is 4.36. The van der Waals surface area contributed by atoms with E-state index < -0.39 is 17.5 Å². The predicted molar refractivity (Wildman–Crippen MR) is 49.4 cm³/mol. The highest BCUT2D eigenvalue weighted by molar-refractivity contribution is 5.97. The van der Waals surface area contributed by atoms with Gasteiger partial charge in [0.05, 0.1) is 5.56 Å². The molecule has 0 unspecified atom stereocenters. The molecule has 2 nitrogen and oxygen atoms in total. The van der Waals surface area contributed by atoms with Gasteiger partial charge in [-0.15, -0.1) is 0 Å². The van der Waals surface area contributed by atoms with E-state index in [9.17, 15) is 18.0 Å². The standard InChI is InChI=1S/C10H10F3NO/c11-10(12,13)8-4-2-1-3-7(8)9(15)5-6-14/h1-4H,5-6,14H2. The molecule has 0 aliphatic rings. The number of carbonyl (C=O) groups is 1. The van der Waals surface area contributed by atoms with E-state index in [-0.39, 0.29) is 18.5 Å². The molecule has 1 aromatic carbocycles. The maximum Gasteiger partial charge on any atom is 0.417 e. The van der Waals surface area contributed by atoms with Crippen molar-refractivity contribution in [3.63, 3.8) is 0 Å². The van der Waals surface area contributed by atoms with Crippen LogP contribution in [0.25, 0.3) is 0 Å². The van der Waals surface area contributed by atoms with E-state index in [1.165, 1.54) is 18.2 Å². The minimum Gasteiger partial charge on any atom is -0.330 e. The molecule has 0 aliphatic carbocycles. The fourth-order valence-electron chi connectivity index (χ4n) is 1.24. The number of hydrogen-bond acceptors (Lipinski definition) is 2. The van der Waals surface area contributed by atoms with Gasteiger partial charge in [-0.05, 0) is 12.6 Å². The number of nitrogens with two attached hydrogens (primary N) is 1. The molecule has 0 aliphatic heterocycles. The Labute approximate surface area is 84.9 Å². The van der Waals surface area contributed by atoms with Crippen molar-refractivity contribution in [3.05, 3.63) is 35.4 Å². The van der Waals surface area contributed by atoms with Crippen LogP contribution in [0.3, 0.4) is 0 Å². The smallest absolute Gasteiger partial charge is 0.330 e. The van der Waals surface area contributed by atoms with Crippen molar-refractivity contribution in [3.8, 4) is 0 Å². The maximum absolute atomic E-state index is 12.5. The van der Waals surface area contributed by atoms with Crippen LogP contribution >= 0.6 is 0 Å². The molecule has 2 N–H and O–H groups in total. The Hall–Kier alpha value is -1.36. The van der Waals surface area contributed by atoms with Crippen LogP contribution in [0.5, 0.6) is 0 Å². The Kier molecular flexibility index (Phi) is 3.47. The highest BCUT2D eigenvalue weighted by Gasteiger charge is 2.34. The van der Waals surface area contributed by atoms with Gasteiger partial charge in [-0.3, -0.25) is 4.79 Å². The first kappa shape index (κ1) is 11.7. The summed E-state index contributed by atoms with van der Waals surface area (Å²) < 4.78 is 37.4. The molecule has 0 amide bonds. The molecule has 0 aromatic heterocycles. The monoisotopic (exact) mass is 217 g/mol. The summed E-state index contributed by atoms with van der Waals surface area (Å²) in [6.07, 6.45) is -4.58. The minimum absolute atomic E-state index is 0.0467. The van der Waals surface area contributed by atoms with Crippen LogP contribution in [0.4, 0.5) is 13.2 Å². The van der Waals surface area contributed by atoms with Crippen molar-refractivity contribution < 1.29 is 18.0 Å². The van der Waals surface area contributed by atoms with E-state index in [1.54, 1.807) is 0 Å². The number of benzene rings is 1. The number of alkyl halides is 3. The SMILES string of the molecule is NCCC(=O)c1ccccc1C(F)(F)F. The molecule has 0 fully saturated rings. The molecule has 15 heavy (non-hydrogen) atoms. The van der Waals surface area contributed by atoms with Crippen molar-refractivity contribution in [2.24, 2.45) is 5.73 Å². The van der Waals surface area contributed by atoms with E-state index in [4.69, 9.17) is 5.73 Å². The van der Waals surface area contributed by atoms with Crippen LogP contribution in [-0.2, 0) is 6.18 Å². The lowest BCUT2D eigenvalue weighted by atomic mass is 10.0. The molecular weight excluding hydrogens is 207 g/mol. The number of rotatable bonds is 3. The fraction of sp³-hybridized carbons (Fsp3) is 0.300. The number of hydrogen-bond donors (Lipinski definition) is 1. The average molecular weight is 217 g/mol. The second kappa shape index (κ2) is 4.44. The number of ketones is 1. The minimum atomic E-state index is -4.50. The highest BCUT2D eigenvalue weighted by atomic mass is 19.4. The molecule has 82 valence electrons. The van der Waals surface area contributed by atoms with Gasteiger partial charge in [0.2, 0.25) is 0 Å². The normalized spacial score (nSPS) is 11.5. The third-order valence-electron chi connectivity index (χ3n) is 1.90. The molecular formula is C10H10F3NO. The summed E-state index contributed by atoms with van der Waals surface area (Å²) >= 11 is 0. The first-order valence-electron chi connectivity index (χ1n) is 4.36. The van der Waals surface area contributed by atoms with Crippen LogP contribution in [0.2, 0.25) is 0 Å². The average Bonchev–Trinajstić information content (AvgIpc) is 2.17. The van der Waals surface area contributed by atoms with Gasteiger partial charge in [0.25, 0.3) is 0 Å². The second-order valence-electron chi connectivity index (χ2n) is 3.01. The third-order valence-corrected chi connectivity index (χ3v) is 1.90. The Balaban J connectivity index is 3.12. The highest BCUT2D eigenvalue weighted by Crippen LogP contribution is 2.32. The van der Waals surface area contributed by atoms with Crippen LogP contribution in [0, 0.1) is 0 Å². The summed E-state index contributed by atoms with van der Waals surface area (Å²) in [6, 6.07) is 4.71. The maximum atomic E-state index is 12.5. The number of carbonyl (C=O) groups excluding carboxylic acids is 1. The molecule has 0 bridgehead atoms. The lowest BCUT2D eigenvalue weighted by Crippen LogP contribution is -2.15. The van der Waals surface area contributed by atoms with E-state index >= 15 is 0 Å². The Morgan fingerprint density at radius 3 is 2.40 bits per heavy atom. The Bertz CT molecular complexity index is 360. The molecule has 1 aromatic rings. The number of halogens is 3. The van der Waals surface area contributed by atoms with Gasteiger partial charge >= 0.3 is 6.18 Å². The van der Waals surface area contributed by atoms with Crippen molar-refractivity contribution >= 4 is 5.78 Å². The zero-order valence-corrected chi connectivity index (χ0v) is 7.84. The molecule has 0 heterocycles. The molecule has 0 saturated heterocycles. The van der Waals surface area contributed by atoms with Gasteiger partial charge in [-0.1, -0.05) is 18.2 Å². The fourth-order valence-corrected chi connectivity index (χ4v) is 1.24. The first-order chi connectivity index (χ1) is 6.96. The van der Waals surface area contributed by atoms with Gasteiger partial charge in [0.15, 0.2) is 5.78 Å². The summed E-state index contributed by atoms with van der Waals surface area (Å²) in [4.78, 5) is 11.3. The molecule has 0 spiro atoms. The van der Waals surface area contributed by atoms with Crippen LogP contribution in [-0.4, -0.2) is 12.3 Å². The quantitative estimate of drug-likeness (QED) is 0.789. The predicted octanol–water partition coefficient (Wildman–Crippen LogP) is 2.24. The summed E-state index contributed by atoms with van der Waals surface area (Å²) in [5.41, 5.74) is 3.91. The number of Topliss-reactive ketones (excluding diaryl/α,β-unsaturated/α-hetero) is 1. The Morgan fingerprint density at radius 2 is 1.87 bits per heavy atom. The molecule has 0 radical (unpaired) electrons. The van der Waals surface area contributed by atoms with Gasteiger partial charge < -0.3 is 5.73 Å². The van der Waals surface area contributed by atoms with E-state index in [2.05, 4.69) is 0 Å². The van der Waals surface area contributed by atoms with Gasteiger partial charge in [-0.2, -0.15) is 13.2 Å². The molecule has 0 atom stereocenters. The lowest BCUT2D eigenvalue weighted by molar-refractivity contribution is -0.137. The second-order valence-corrected chi connectivity index (χ2v) is 3.01. The van der Waals surface area contributed by atoms with E-state index in [0.717, 1.165) is 6.07 Å². The molecule has 5 heteroatoms. The molecule has 0 saturated carbocycles. The lowest BCUT2D eigenvalue weighted by Gasteiger charge is -2.11. The topological polar surface area (TPSA) is 43.1 Å². The van der Waals surface area contributed by atoms with Gasteiger partial charge in [0.1, 0.15) is 0 Å². The summed E-state index contributed by atoms with van der Waals surface area (Å²) in [6.45, 7) is 0.0467. The largest absolute Gasteiger partial charge is 0.417 e.